The largest absolute Gasteiger partial charge is 0.395 e. The number of carbonyl (C=O) groups is 1. The van der Waals surface area contributed by atoms with Gasteiger partial charge in [-0.25, -0.2) is 0 Å². The average molecular weight is 300 g/mol. The SMILES string of the molecule is O=C(/C=C/c1c(Cl)cccc1Cl)N(CCO)C1CC1. The lowest BCUT2D eigenvalue weighted by Crippen LogP contribution is -2.34. The van der Waals surface area contributed by atoms with Crippen LogP contribution < -0.4 is 0 Å². The number of carbonyl (C=O) groups excluding carboxylic acids is 1. The van der Waals surface area contributed by atoms with Gasteiger partial charge >= 0.3 is 0 Å². The van der Waals surface area contributed by atoms with Crippen molar-refractivity contribution in [2.75, 3.05) is 13.2 Å². The molecule has 2 rings (SSSR count). The maximum Gasteiger partial charge on any atom is 0.246 e. The van der Waals surface area contributed by atoms with Crippen LogP contribution in [0.5, 0.6) is 0 Å². The molecule has 0 atom stereocenters. The molecule has 1 saturated carbocycles. The van der Waals surface area contributed by atoms with E-state index in [0.717, 1.165) is 12.8 Å². The van der Waals surface area contributed by atoms with Gasteiger partial charge < -0.3 is 10.0 Å². The summed E-state index contributed by atoms with van der Waals surface area (Å²) in [5, 5.41) is 10.00. The minimum absolute atomic E-state index is 0.0249. The first kappa shape index (κ1) is 14.4. The van der Waals surface area contributed by atoms with Crippen LogP contribution in [0.25, 0.3) is 6.08 Å². The molecule has 19 heavy (non-hydrogen) atoms. The first-order valence-corrected chi connectivity index (χ1v) is 6.92. The third-order valence-corrected chi connectivity index (χ3v) is 3.66. The quantitative estimate of drug-likeness (QED) is 0.849. The van der Waals surface area contributed by atoms with Crippen LogP contribution >= 0.6 is 23.2 Å². The molecule has 0 unspecified atom stereocenters. The topological polar surface area (TPSA) is 40.5 Å². The lowest BCUT2D eigenvalue weighted by molar-refractivity contribution is -0.127. The second kappa shape index (κ2) is 6.42. The minimum Gasteiger partial charge on any atom is -0.395 e. The van der Waals surface area contributed by atoms with Crippen LogP contribution in [0, 0.1) is 0 Å². The first-order valence-electron chi connectivity index (χ1n) is 6.17. The van der Waals surface area contributed by atoms with Gasteiger partial charge in [0, 0.05) is 34.3 Å². The Hall–Kier alpha value is -1.03. The Morgan fingerprint density at radius 2 is 2.00 bits per heavy atom. The molecule has 1 aliphatic rings. The number of amides is 1. The summed E-state index contributed by atoms with van der Waals surface area (Å²) >= 11 is 12.1. The van der Waals surface area contributed by atoms with Gasteiger partial charge in [-0.15, -0.1) is 0 Å². The number of nitrogens with zero attached hydrogens (tertiary/aromatic N) is 1. The van der Waals surface area contributed by atoms with Crippen molar-refractivity contribution >= 4 is 35.2 Å². The Morgan fingerprint density at radius 3 is 2.53 bits per heavy atom. The number of benzene rings is 1. The van der Waals surface area contributed by atoms with Crippen molar-refractivity contribution in [2.24, 2.45) is 0 Å². The maximum atomic E-state index is 12.1. The maximum absolute atomic E-state index is 12.1. The van der Waals surface area contributed by atoms with Gasteiger partial charge in [-0.1, -0.05) is 29.3 Å². The van der Waals surface area contributed by atoms with Crippen molar-refractivity contribution in [3.63, 3.8) is 0 Å². The molecule has 102 valence electrons. The van der Waals surface area contributed by atoms with Gasteiger partial charge in [0.25, 0.3) is 0 Å². The van der Waals surface area contributed by atoms with Gasteiger partial charge in [-0.3, -0.25) is 4.79 Å². The van der Waals surface area contributed by atoms with Crippen molar-refractivity contribution in [3.05, 3.63) is 39.9 Å². The van der Waals surface area contributed by atoms with E-state index in [1.165, 1.54) is 6.08 Å². The number of aliphatic hydroxyl groups is 1. The molecule has 3 nitrogen and oxygen atoms in total. The van der Waals surface area contributed by atoms with Gasteiger partial charge in [0.1, 0.15) is 0 Å². The Balaban J connectivity index is 2.10. The van der Waals surface area contributed by atoms with Crippen LogP contribution in [-0.4, -0.2) is 35.1 Å². The summed E-state index contributed by atoms with van der Waals surface area (Å²) in [6.45, 7) is 0.340. The van der Waals surface area contributed by atoms with E-state index in [2.05, 4.69) is 0 Å². The number of hydrogen-bond acceptors (Lipinski definition) is 2. The molecular formula is C14H15Cl2NO2. The fourth-order valence-electron chi connectivity index (χ4n) is 1.89. The van der Waals surface area contributed by atoms with E-state index < -0.39 is 0 Å². The molecule has 1 aromatic carbocycles. The van der Waals surface area contributed by atoms with Gasteiger partial charge in [0.05, 0.1) is 6.61 Å². The van der Waals surface area contributed by atoms with Crippen LogP contribution in [0.2, 0.25) is 10.0 Å². The summed E-state index contributed by atoms with van der Waals surface area (Å²) in [7, 11) is 0. The third kappa shape index (κ3) is 3.72. The number of hydrogen-bond donors (Lipinski definition) is 1. The van der Waals surface area contributed by atoms with Crippen molar-refractivity contribution in [1.82, 2.24) is 4.90 Å². The zero-order valence-corrected chi connectivity index (χ0v) is 11.9. The van der Waals surface area contributed by atoms with E-state index >= 15 is 0 Å². The Bertz CT molecular complexity index is 478. The predicted molar refractivity (Wildman–Crippen MR) is 77.3 cm³/mol. The highest BCUT2D eigenvalue weighted by Gasteiger charge is 2.30. The lowest BCUT2D eigenvalue weighted by Gasteiger charge is -2.19. The summed E-state index contributed by atoms with van der Waals surface area (Å²) in [6, 6.07) is 5.48. The highest BCUT2D eigenvalue weighted by atomic mass is 35.5. The normalized spacial score (nSPS) is 14.9. The monoisotopic (exact) mass is 299 g/mol. The fraction of sp³-hybridized carbons (Fsp3) is 0.357. The summed E-state index contributed by atoms with van der Waals surface area (Å²) in [5.74, 6) is -0.118. The molecule has 0 spiro atoms. The van der Waals surface area contributed by atoms with Gasteiger partial charge in [-0.05, 0) is 31.1 Å². The molecule has 0 bridgehead atoms. The van der Waals surface area contributed by atoms with Gasteiger partial charge in [0.15, 0.2) is 0 Å². The molecular weight excluding hydrogens is 285 g/mol. The van der Waals surface area contributed by atoms with E-state index in [0.29, 0.717) is 22.2 Å². The molecule has 1 amide bonds. The van der Waals surface area contributed by atoms with Crippen LogP contribution in [-0.2, 0) is 4.79 Å². The summed E-state index contributed by atoms with van der Waals surface area (Å²) in [6.07, 6.45) is 5.10. The van der Waals surface area contributed by atoms with Crippen molar-refractivity contribution in [3.8, 4) is 0 Å². The van der Waals surface area contributed by atoms with Crippen molar-refractivity contribution < 1.29 is 9.90 Å². The van der Waals surface area contributed by atoms with Crippen LogP contribution in [0.4, 0.5) is 0 Å². The molecule has 1 aromatic rings. The van der Waals surface area contributed by atoms with Crippen LogP contribution in [0.3, 0.4) is 0 Å². The summed E-state index contributed by atoms with van der Waals surface area (Å²) in [5.41, 5.74) is 0.638. The average Bonchev–Trinajstić information content (AvgIpc) is 3.19. The van der Waals surface area contributed by atoms with E-state index in [1.54, 1.807) is 29.2 Å². The molecule has 1 N–H and O–H groups in total. The molecule has 5 heteroatoms. The molecule has 0 radical (unpaired) electrons. The summed E-state index contributed by atoms with van der Waals surface area (Å²) < 4.78 is 0. The smallest absolute Gasteiger partial charge is 0.246 e. The molecule has 0 saturated heterocycles. The van der Waals surface area contributed by atoms with Gasteiger partial charge in [0.2, 0.25) is 5.91 Å². The lowest BCUT2D eigenvalue weighted by atomic mass is 10.2. The van der Waals surface area contributed by atoms with Crippen LogP contribution in [0.1, 0.15) is 18.4 Å². The Labute approximate surface area is 122 Å². The van der Waals surface area contributed by atoms with E-state index in [4.69, 9.17) is 28.3 Å². The third-order valence-electron chi connectivity index (χ3n) is 3.00. The fourth-order valence-corrected chi connectivity index (χ4v) is 2.41. The second-order valence-corrected chi connectivity index (χ2v) is 5.27. The summed E-state index contributed by atoms with van der Waals surface area (Å²) in [4.78, 5) is 13.7. The highest BCUT2D eigenvalue weighted by Crippen LogP contribution is 2.28. The van der Waals surface area contributed by atoms with Crippen molar-refractivity contribution in [1.29, 1.82) is 0 Å². The first-order chi connectivity index (χ1) is 9.13. The second-order valence-electron chi connectivity index (χ2n) is 4.46. The molecule has 0 heterocycles. The number of halogens is 2. The van der Waals surface area contributed by atoms with Crippen LogP contribution in [0.15, 0.2) is 24.3 Å². The zero-order chi connectivity index (χ0) is 13.8. The minimum atomic E-state index is -0.118. The van der Waals surface area contributed by atoms with Crippen molar-refractivity contribution in [2.45, 2.75) is 18.9 Å². The standard InChI is InChI=1S/C14H15Cl2NO2/c15-12-2-1-3-13(16)11(12)6-7-14(19)17(8-9-18)10-4-5-10/h1-3,6-7,10,18H,4-5,8-9H2/b7-6+. The molecule has 1 fully saturated rings. The highest BCUT2D eigenvalue weighted by molar-refractivity contribution is 6.37. The Morgan fingerprint density at radius 1 is 1.37 bits per heavy atom. The zero-order valence-electron chi connectivity index (χ0n) is 10.4. The van der Waals surface area contributed by atoms with Gasteiger partial charge in [-0.2, -0.15) is 0 Å². The predicted octanol–water partition coefficient (Wildman–Crippen LogP) is 2.99. The van der Waals surface area contributed by atoms with E-state index in [-0.39, 0.29) is 18.6 Å². The molecule has 0 aromatic heterocycles. The molecule has 1 aliphatic carbocycles. The van der Waals surface area contributed by atoms with E-state index in [9.17, 15) is 4.79 Å². The molecule has 0 aliphatic heterocycles. The number of rotatable bonds is 5. The Kier molecular flexibility index (Phi) is 4.86. The number of aliphatic hydroxyl groups excluding tert-OH is 1. The van der Waals surface area contributed by atoms with E-state index in [1.807, 2.05) is 0 Å².